The number of benzene rings is 3. The first-order chi connectivity index (χ1) is 17.1. The van der Waals surface area contributed by atoms with Crippen LogP contribution in [0.25, 0.3) is 0 Å². The van der Waals surface area contributed by atoms with Gasteiger partial charge in [0.1, 0.15) is 12.6 Å². The van der Waals surface area contributed by atoms with Gasteiger partial charge in [-0.05, 0) is 55.3 Å². The molecule has 0 spiro atoms. The fourth-order valence-electron chi connectivity index (χ4n) is 3.70. The number of amides is 2. The van der Waals surface area contributed by atoms with E-state index in [0.29, 0.717) is 26.9 Å². The summed E-state index contributed by atoms with van der Waals surface area (Å²) in [4.78, 5) is 27.6. The second-order valence-corrected chi connectivity index (χ2v) is 10.8. The molecule has 36 heavy (non-hydrogen) atoms. The van der Waals surface area contributed by atoms with E-state index in [2.05, 4.69) is 5.32 Å². The molecule has 0 heterocycles. The van der Waals surface area contributed by atoms with Crippen molar-refractivity contribution in [3.05, 3.63) is 94.0 Å². The Morgan fingerprint density at radius 2 is 1.58 bits per heavy atom. The minimum Gasteiger partial charge on any atom is -0.357 e. The van der Waals surface area contributed by atoms with Crippen LogP contribution in [0.3, 0.4) is 0 Å². The summed E-state index contributed by atoms with van der Waals surface area (Å²) in [6, 6.07) is 18.9. The number of anilines is 1. The number of sulfonamides is 1. The fourth-order valence-corrected chi connectivity index (χ4v) is 5.52. The van der Waals surface area contributed by atoms with Gasteiger partial charge in [0.15, 0.2) is 0 Å². The molecule has 3 aromatic carbocycles. The van der Waals surface area contributed by atoms with Gasteiger partial charge in [0.25, 0.3) is 10.0 Å². The summed E-state index contributed by atoms with van der Waals surface area (Å²) in [6.07, 6.45) is 0. The van der Waals surface area contributed by atoms with Gasteiger partial charge in [-0.15, -0.1) is 0 Å². The predicted molar refractivity (Wildman–Crippen MR) is 143 cm³/mol. The number of aryl methyl sites for hydroxylation is 1. The standard InChI is InChI=1S/C26H27Cl2N3O4S/c1-18-9-7-8-12-24(18)31(36(34,35)21-10-5-4-6-11-21)17-25(32)30(19(2)26(33)29-3)16-20-13-14-22(27)23(28)15-20/h4-15,19H,16-17H2,1-3H3,(H,29,33)/t19-/m1/s1. The van der Waals surface area contributed by atoms with E-state index in [4.69, 9.17) is 23.2 Å². The van der Waals surface area contributed by atoms with Gasteiger partial charge in [0, 0.05) is 13.6 Å². The number of carbonyl (C=O) groups excluding carboxylic acids is 2. The van der Waals surface area contributed by atoms with Crippen LogP contribution in [-0.2, 0) is 26.2 Å². The van der Waals surface area contributed by atoms with Crippen molar-refractivity contribution in [1.29, 1.82) is 0 Å². The average Bonchev–Trinajstić information content (AvgIpc) is 2.87. The van der Waals surface area contributed by atoms with E-state index in [0.717, 1.165) is 4.31 Å². The first-order valence-corrected chi connectivity index (χ1v) is 13.3. The molecule has 0 radical (unpaired) electrons. The van der Waals surface area contributed by atoms with Crippen LogP contribution < -0.4 is 9.62 Å². The lowest BCUT2D eigenvalue weighted by Crippen LogP contribution is -2.50. The van der Waals surface area contributed by atoms with E-state index in [-0.39, 0.29) is 11.4 Å². The number of hydrogen-bond donors (Lipinski definition) is 1. The lowest BCUT2D eigenvalue weighted by molar-refractivity contribution is -0.139. The molecule has 0 saturated heterocycles. The molecule has 0 aliphatic heterocycles. The van der Waals surface area contributed by atoms with Gasteiger partial charge < -0.3 is 10.2 Å². The van der Waals surface area contributed by atoms with Crippen molar-refractivity contribution in [2.45, 2.75) is 31.3 Å². The number of carbonyl (C=O) groups is 2. The molecule has 190 valence electrons. The fraction of sp³-hybridized carbons (Fsp3) is 0.231. The zero-order valence-electron chi connectivity index (χ0n) is 20.1. The van der Waals surface area contributed by atoms with Gasteiger partial charge in [0.05, 0.1) is 20.6 Å². The number of nitrogens with zero attached hydrogens (tertiary/aromatic N) is 2. The Bertz CT molecular complexity index is 1350. The number of hydrogen-bond acceptors (Lipinski definition) is 4. The number of para-hydroxylation sites is 1. The lowest BCUT2D eigenvalue weighted by atomic mass is 10.1. The van der Waals surface area contributed by atoms with Crippen LogP contribution in [0.2, 0.25) is 10.0 Å². The zero-order valence-corrected chi connectivity index (χ0v) is 22.4. The molecule has 0 aromatic heterocycles. The highest BCUT2D eigenvalue weighted by Gasteiger charge is 2.32. The number of halogens is 2. The van der Waals surface area contributed by atoms with Crippen LogP contribution >= 0.6 is 23.2 Å². The van der Waals surface area contributed by atoms with E-state index in [9.17, 15) is 18.0 Å². The van der Waals surface area contributed by atoms with Crippen molar-refractivity contribution in [3.63, 3.8) is 0 Å². The van der Waals surface area contributed by atoms with Crippen LogP contribution in [0.4, 0.5) is 5.69 Å². The van der Waals surface area contributed by atoms with Gasteiger partial charge in [0.2, 0.25) is 11.8 Å². The maximum absolute atomic E-state index is 13.7. The summed E-state index contributed by atoms with van der Waals surface area (Å²) in [5.41, 5.74) is 1.69. The van der Waals surface area contributed by atoms with E-state index >= 15 is 0 Å². The van der Waals surface area contributed by atoms with Gasteiger partial charge in [-0.2, -0.15) is 0 Å². The number of likely N-dealkylation sites (N-methyl/N-ethyl adjacent to an activating group) is 1. The van der Waals surface area contributed by atoms with Crippen molar-refractivity contribution in [2.75, 3.05) is 17.9 Å². The summed E-state index contributed by atoms with van der Waals surface area (Å²) in [7, 11) is -2.62. The highest BCUT2D eigenvalue weighted by molar-refractivity contribution is 7.92. The highest BCUT2D eigenvalue weighted by atomic mass is 35.5. The normalized spacial score (nSPS) is 12.0. The lowest BCUT2D eigenvalue weighted by Gasteiger charge is -2.32. The molecule has 1 N–H and O–H groups in total. The van der Waals surface area contributed by atoms with Crippen molar-refractivity contribution in [1.82, 2.24) is 10.2 Å². The summed E-state index contributed by atoms with van der Waals surface area (Å²) in [5, 5.41) is 3.21. The SMILES string of the molecule is CNC(=O)[C@@H](C)N(Cc1ccc(Cl)c(Cl)c1)C(=O)CN(c1ccccc1C)S(=O)(=O)c1ccccc1. The van der Waals surface area contributed by atoms with Crippen molar-refractivity contribution < 1.29 is 18.0 Å². The molecule has 3 aromatic rings. The first kappa shape index (κ1) is 27.5. The van der Waals surface area contributed by atoms with Crippen LogP contribution in [0.5, 0.6) is 0 Å². The summed E-state index contributed by atoms with van der Waals surface area (Å²) < 4.78 is 28.5. The van der Waals surface area contributed by atoms with Crippen molar-refractivity contribution in [3.8, 4) is 0 Å². The second-order valence-electron chi connectivity index (χ2n) is 8.17. The number of nitrogens with one attached hydrogen (secondary N) is 1. The molecule has 7 nitrogen and oxygen atoms in total. The van der Waals surface area contributed by atoms with E-state index in [1.807, 2.05) is 0 Å². The number of rotatable bonds is 9. The van der Waals surface area contributed by atoms with Crippen molar-refractivity contribution >= 4 is 50.7 Å². The van der Waals surface area contributed by atoms with Crippen LogP contribution in [-0.4, -0.2) is 44.8 Å². The van der Waals surface area contributed by atoms with E-state index in [1.54, 1.807) is 74.5 Å². The molecule has 3 rings (SSSR count). The Balaban J connectivity index is 2.04. The minimum absolute atomic E-state index is 0.0251. The molecule has 0 bridgehead atoms. The third-order valence-electron chi connectivity index (χ3n) is 5.74. The topological polar surface area (TPSA) is 86.8 Å². The second kappa shape index (κ2) is 11.8. The maximum Gasteiger partial charge on any atom is 0.264 e. The Hall–Kier alpha value is -3.07. The Morgan fingerprint density at radius 1 is 0.944 bits per heavy atom. The molecule has 0 aliphatic rings. The minimum atomic E-state index is -4.10. The molecule has 10 heteroatoms. The average molecular weight is 548 g/mol. The summed E-state index contributed by atoms with van der Waals surface area (Å²) in [5.74, 6) is -0.947. The largest absolute Gasteiger partial charge is 0.357 e. The summed E-state index contributed by atoms with van der Waals surface area (Å²) >= 11 is 12.2. The predicted octanol–water partition coefficient (Wildman–Crippen LogP) is 4.66. The van der Waals surface area contributed by atoms with Crippen LogP contribution in [0.15, 0.2) is 77.7 Å². The molecule has 0 fully saturated rings. The molecular weight excluding hydrogens is 521 g/mol. The smallest absolute Gasteiger partial charge is 0.264 e. The van der Waals surface area contributed by atoms with Crippen LogP contribution in [0, 0.1) is 6.92 Å². The zero-order chi connectivity index (χ0) is 26.5. The third-order valence-corrected chi connectivity index (χ3v) is 8.26. The van der Waals surface area contributed by atoms with Gasteiger partial charge in [-0.3, -0.25) is 13.9 Å². The highest BCUT2D eigenvalue weighted by Crippen LogP contribution is 2.28. The van der Waals surface area contributed by atoms with Crippen molar-refractivity contribution in [2.24, 2.45) is 0 Å². The molecule has 0 aliphatic carbocycles. The molecular formula is C26H27Cl2N3O4S. The van der Waals surface area contributed by atoms with Crippen LogP contribution in [0.1, 0.15) is 18.1 Å². The molecule has 2 amide bonds. The van der Waals surface area contributed by atoms with E-state index < -0.39 is 34.4 Å². The Morgan fingerprint density at radius 3 is 2.19 bits per heavy atom. The summed E-state index contributed by atoms with van der Waals surface area (Å²) in [6.45, 7) is 2.87. The Kier molecular flexibility index (Phi) is 9.00. The molecule has 0 saturated carbocycles. The van der Waals surface area contributed by atoms with Gasteiger partial charge in [-0.1, -0.05) is 65.7 Å². The first-order valence-electron chi connectivity index (χ1n) is 11.1. The quantitative estimate of drug-likeness (QED) is 0.422. The molecule has 0 unspecified atom stereocenters. The van der Waals surface area contributed by atoms with E-state index in [1.165, 1.54) is 24.1 Å². The Labute approximate surface area is 221 Å². The maximum atomic E-state index is 13.7. The molecule has 1 atom stereocenters. The van der Waals surface area contributed by atoms with Gasteiger partial charge in [-0.25, -0.2) is 8.42 Å². The third kappa shape index (κ3) is 6.19. The monoisotopic (exact) mass is 547 g/mol. The van der Waals surface area contributed by atoms with Gasteiger partial charge >= 0.3 is 0 Å².